The molecule has 0 aliphatic carbocycles. The Morgan fingerprint density at radius 1 is 1.24 bits per heavy atom. The maximum absolute atomic E-state index is 12.4. The summed E-state index contributed by atoms with van der Waals surface area (Å²) in [4.78, 5) is 24.6. The summed E-state index contributed by atoms with van der Waals surface area (Å²) in [5.74, 6) is 2.86. The Balaban J connectivity index is 1.47. The Morgan fingerprint density at radius 2 is 2.02 bits per heavy atom. The SMILES string of the molecule is C#CCn1c(C)c(/C=N/N[C@@H](O)COc2ccc([C@@H]3NC(=O)NC(C)=C3C(=O)OC)cc2OCC)c2ccccc21. The van der Waals surface area contributed by atoms with Crippen molar-refractivity contribution in [2.75, 3.05) is 20.3 Å². The number of aliphatic hydroxyl groups is 1. The molecule has 0 bridgehead atoms. The Kier molecular flexibility index (Phi) is 9.16. The molecule has 0 unspecified atom stereocenters. The fourth-order valence-electron chi connectivity index (χ4n) is 4.73. The van der Waals surface area contributed by atoms with Gasteiger partial charge in [-0.15, -0.1) is 6.42 Å². The van der Waals surface area contributed by atoms with E-state index >= 15 is 0 Å². The standard InChI is InChI=1S/C30H33N5O6/c1-6-14-35-19(4)22(21-10-8-9-11-23(21)35)16-31-34-26(36)17-41-24-13-12-20(15-25(24)40-7-2)28-27(29(37)39-5)18(3)32-30(38)33-28/h1,8-13,15-16,26,28,34,36H,7,14,17H2,2-5H3,(H2,32,33,38)/b31-16+/t26-,28-/m0/s1. The van der Waals surface area contributed by atoms with Crippen molar-refractivity contribution in [2.24, 2.45) is 5.10 Å². The van der Waals surface area contributed by atoms with Crippen LogP contribution in [0.15, 0.2) is 58.8 Å². The second-order valence-electron chi connectivity index (χ2n) is 9.22. The fraction of sp³-hybridized carbons (Fsp3) is 0.300. The van der Waals surface area contributed by atoms with E-state index in [1.165, 1.54) is 7.11 Å². The molecule has 214 valence electrons. The Labute approximate surface area is 238 Å². The van der Waals surface area contributed by atoms with Gasteiger partial charge in [0.2, 0.25) is 0 Å². The van der Waals surface area contributed by atoms with Crippen LogP contribution in [0.25, 0.3) is 10.9 Å². The zero-order valence-electron chi connectivity index (χ0n) is 23.4. The first-order chi connectivity index (χ1) is 19.8. The zero-order chi connectivity index (χ0) is 29.5. The van der Waals surface area contributed by atoms with E-state index in [9.17, 15) is 14.7 Å². The summed E-state index contributed by atoms with van der Waals surface area (Å²) in [7, 11) is 1.28. The van der Waals surface area contributed by atoms with Gasteiger partial charge in [0.25, 0.3) is 0 Å². The third kappa shape index (κ3) is 6.28. The van der Waals surface area contributed by atoms with Gasteiger partial charge in [-0.3, -0.25) is 5.43 Å². The molecule has 2 atom stereocenters. The lowest BCUT2D eigenvalue weighted by molar-refractivity contribution is -0.136. The lowest BCUT2D eigenvalue weighted by Gasteiger charge is -2.28. The summed E-state index contributed by atoms with van der Waals surface area (Å²) in [6.45, 7) is 6.07. The molecule has 4 N–H and O–H groups in total. The molecule has 0 fully saturated rings. The average Bonchev–Trinajstić information content (AvgIpc) is 3.22. The molecule has 0 saturated heterocycles. The van der Waals surface area contributed by atoms with E-state index in [1.54, 1.807) is 31.3 Å². The molecule has 11 nitrogen and oxygen atoms in total. The molecule has 2 aromatic carbocycles. The number of aliphatic hydroxyl groups excluding tert-OH is 1. The van der Waals surface area contributed by atoms with Gasteiger partial charge in [0, 0.05) is 27.9 Å². The second-order valence-corrected chi connectivity index (χ2v) is 9.22. The molecule has 11 heteroatoms. The maximum Gasteiger partial charge on any atom is 0.337 e. The van der Waals surface area contributed by atoms with Gasteiger partial charge in [-0.25, -0.2) is 9.59 Å². The first-order valence-electron chi connectivity index (χ1n) is 13.0. The molecule has 4 rings (SSSR count). The molecular weight excluding hydrogens is 526 g/mol. The van der Waals surface area contributed by atoms with Crippen molar-refractivity contribution < 1.29 is 28.9 Å². The van der Waals surface area contributed by atoms with Gasteiger partial charge in [-0.1, -0.05) is 30.2 Å². The van der Waals surface area contributed by atoms with Gasteiger partial charge in [0.1, 0.15) is 6.61 Å². The van der Waals surface area contributed by atoms with E-state index in [2.05, 4.69) is 27.1 Å². The number of benzene rings is 2. The normalized spacial score (nSPS) is 15.7. The van der Waals surface area contributed by atoms with Gasteiger partial charge in [-0.2, -0.15) is 5.10 Å². The number of carbonyl (C=O) groups excluding carboxylic acids is 2. The number of hydrogen-bond acceptors (Lipinski definition) is 8. The van der Waals surface area contributed by atoms with Crippen molar-refractivity contribution in [3.8, 4) is 23.8 Å². The number of terminal acetylenes is 1. The molecule has 2 heterocycles. The van der Waals surface area contributed by atoms with E-state index < -0.39 is 24.3 Å². The Bertz CT molecular complexity index is 1550. The summed E-state index contributed by atoms with van der Waals surface area (Å²) in [5, 5.41) is 21.0. The minimum absolute atomic E-state index is 0.134. The average molecular weight is 560 g/mol. The van der Waals surface area contributed by atoms with E-state index in [-0.39, 0.29) is 12.2 Å². The number of methoxy groups -OCH3 is 1. The van der Waals surface area contributed by atoms with Gasteiger partial charge < -0.3 is 34.5 Å². The van der Waals surface area contributed by atoms with Crippen LogP contribution < -0.4 is 25.5 Å². The Hall–Kier alpha value is -4.95. The predicted molar refractivity (Wildman–Crippen MR) is 154 cm³/mol. The minimum atomic E-state index is -1.13. The van der Waals surface area contributed by atoms with Gasteiger partial charge in [0.15, 0.2) is 17.7 Å². The van der Waals surface area contributed by atoms with E-state index in [1.807, 2.05) is 42.7 Å². The smallest absolute Gasteiger partial charge is 0.337 e. The highest BCUT2D eigenvalue weighted by Gasteiger charge is 2.32. The number of nitrogens with one attached hydrogen (secondary N) is 3. The molecular formula is C30H33N5O6. The number of amides is 2. The van der Waals surface area contributed by atoms with E-state index in [0.717, 1.165) is 22.2 Å². The van der Waals surface area contributed by atoms with Crippen molar-refractivity contribution in [1.29, 1.82) is 0 Å². The maximum atomic E-state index is 12.4. The number of ether oxygens (including phenoxy) is 3. The number of fused-ring (bicyclic) bond motifs is 1. The number of hydrazone groups is 1. The van der Waals surface area contributed by atoms with Crippen molar-refractivity contribution in [1.82, 2.24) is 20.6 Å². The number of rotatable bonds is 11. The predicted octanol–water partition coefficient (Wildman–Crippen LogP) is 3.10. The van der Waals surface area contributed by atoms with Crippen molar-refractivity contribution in [3.05, 3.63) is 70.6 Å². The number of allylic oxidation sites excluding steroid dienone is 1. The van der Waals surface area contributed by atoms with Crippen molar-refractivity contribution >= 4 is 29.1 Å². The number of para-hydroxylation sites is 1. The van der Waals surface area contributed by atoms with Gasteiger partial charge in [-0.05, 0) is 44.5 Å². The highest BCUT2D eigenvalue weighted by atomic mass is 16.5. The van der Waals surface area contributed by atoms with Crippen LogP contribution >= 0.6 is 0 Å². The first-order valence-corrected chi connectivity index (χ1v) is 13.0. The molecule has 3 aromatic rings. The summed E-state index contributed by atoms with van der Waals surface area (Å²) in [6, 6.07) is 11.7. The second kappa shape index (κ2) is 12.9. The zero-order valence-corrected chi connectivity index (χ0v) is 23.4. The van der Waals surface area contributed by atoms with Crippen LogP contribution in [0.1, 0.15) is 36.7 Å². The first kappa shape index (κ1) is 29.0. The quantitative estimate of drug-likeness (QED) is 0.0932. The third-order valence-electron chi connectivity index (χ3n) is 6.62. The summed E-state index contributed by atoms with van der Waals surface area (Å²) >= 11 is 0. The number of aromatic nitrogens is 1. The molecule has 1 aliphatic heterocycles. The van der Waals surface area contributed by atoms with Gasteiger partial charge >= 0.3 is 12.0 Å². The molecule has 0 spiro atoms. The summed E-state index contributed by atoms with van der Waals surface area (Å²) in [6.07, 6.45) is 6.07. The van der Waals surface area contributed by atoms with Crippen LogP contribution in [0, 0.1) is 19.3 Å². The van der Waals surface area contributed by atoms with Crippen LogP contribution in [0.5, 0.6) is 11.5 Å². The lowest BCUT2D eigenvalue weighted by atomic mass is 9.95. The largest absolute Gasteiger partial charge is 0.490 e. The molecule has 1 aromatic heterocycles. The lowest BCUT2D eigenvalue weighted by Crippen LogP contribution is -2.45. The van der Waals surface area contributed by atoms with E-state index in [4.69, 9.17) is 20.6 Å². The third-order valence-corrected chi connectivity index (χ3v) is 6.62. The molecule has 0 saturated carbocycles. The molecule has 2 amide bonds. The van der Waals surface area contributed by atoms with Crippen LogP contribution in [-0.4, -0.2) is 54.4 Å². The van der Waals surface area contributed by atoms with Gasteiger partial charge in [0.05, 0.1) is 38.1 Å². The van der Waals surface area contributed by atoms with Crippen LogP contribution in [0.4, 0.5) is 4.79 Å². The van der Waals surface area contributed by atoms with Crippen LogP contribution in [0.2, 0.25) is 0 Å². The highest BCUT2D eigenvalue weighted by Crippen LogP contribution is 2.35. The van der Waals surface area contributed by atoms with E-state index in [0.29, 0.717) is 35.9 Å². The molecule has 0 radical (unpaired) electrons. The monoisotopic (exact) mass is 559 g/mol. The Morgan fingerprint density at radius 3 is 2.76 bits per heavy atom. The molecule has 1 aliphatic rings. The van der Waals surface area contributed by atoms with Crippen LogP contribution in [-0.2, 0) is 16.1 Å². The van der Waals surface area contributed by atoms with Crippen LogP contribution in [0.3, 0.4) is 0 Å². The summed E-state index contributed by atoms with van der Waals surface area (Å²) in [5.41, 5.74) is 6.82. The number of urea groups is 1. The highest BCUT2D eigenvalue weighted by molar-refractivity contribution is 6.01. The minimum Gasteiger partial charge on any atom is -0.490 e. The number of hydrogen-bond donors (Lipinski definition) is 4. The number of esters is 1. The number of nitrogens with zero attached hydrogens (tertiary/aromatic N) is 2. The van der Waals surface area contributed by atoms with Crippen molar-refractivity contribution in [3.63, 3.8) is 0 Å². The fourth-order valence-corrected chi connectivity index (χ4v) is 4.73. The summed E-state index contributed by atoms with van der Waals surface area (Å²) < 4.78 is 18.5. The topological polar surface area (TPSA) is 135 Å². The molecule has 41 heavy (non-hydrogen) atoms. The number of carbonyl (C=O) groups is 2. The van der Waals surface area contributed by atoms with Crippen molar-refractivity contribution in [2.45, 2.75) is 39.6 Å².